The Kier molecular flexibility index (Phi) is 2.71. The minimum atomic E-state index is -0.977. The molecule has 1 saturated heterocycles. The maximum absolute atomic E-state index is 13.1. The van der Waals surface area contributed by atoms with Crippen molar-refractivity contribution >= 4 is 5.91 Å². The van der Waals surface area contributed by atoms with Crippen molar-refractivity contribution in [1.29, 1.82) is 5.26 Å². The molecule has 3 heterocycles. The van der Waals surface area contributed by atoms with Crippen molar-refractivity contribution in [2.45, 2.75) is 31.3 Å². The molecule has 3 rings (SSSR count). The van der Waals surface area contributed by atoms with E-state index in [0.717, 1.165) is 17.7 Å². The smallest absolute Gasteiger partial charge is 0.282 e. The molecule has 0 saturated carbocycles. The molecule has 0 spiro atoms. The molecular weight excluding hydrogens is 261 g/mol. The first-order valence-corrected chi connectivity index (χ1v) is 6.36. The van der Waals surface area contributed by atoms with Gasteiger partial charge in [-0.1, -0.05) is 6.58 Å². The zero-order valence-electron chi connectivity index (χ0n) is 10.6. The van der Waals surface area contributed by atoms with Gasteiger partial charge in [0, 0.05) is 18.2 Å². The Bertz CT molecular complexity index is 716. The summed E-state index contributed by atoms with van der Waals surface area (Å²) in [6.07, 6.45) is 1.93. The lowest BCUT2D eigenvalue weighted by Gasteiger charge is -2.35. The zero-order valence-corrected chi connectivity index (χ0v) is 10.6. The quantitative estimate of drug-likeness (QED) is 0.784. The third-order valence-corrected chi connectivity index (χ3v) is 4.05. The summed E-state index contributed by atoms with van der Waals surface area (Å²) >= 11 is 0. The van der Waals surface area contributed by atoms with Gasteiger partial charge in [0.1, 0.15) is 11.6 Å². The molecule has 2 atom stereocenters. The molecule has 2 aliphatic rings. The van der Waals surface area contributed by atoms with Crippen LogP contribution in [0.1, 0.15) is 35.7 Å². The van der Waals surface area contributed by atoms with Crippen LogP contribution in [0.15, 0.2) is 23.3 Å². The van der Waals surface area contributed by atoms with Gasteiger partial charge < -0.3 is 9.88 Å². The summed E-state index contributed by atoms with van der Waals surface area (Å²) in [4.78, 5) is 27.7. The minimum Gasteiger partial charge on any atom is -0.326 e. The fourth-order valence-electron chi connectivity index (χ4n) is 3.21. The number of H-pyrrole nitrogens is 1. The maximum atomic E-state index is 13.1. The van der Waals surface area contributed by atoms with Crippen LogP contribution in [0.3, 0.4) is 0 Å². The van der Waals surface area contributed by atoms with Gasteiger partial charge >= 0.3 is 0 Å². The predicted octanol–water partition coefficient (Wildman–Crippen LogP) is 1.32. The average Bonchev–Trinajstić information content (AvgIpc) is 2.73. The minimum absolute atomic E-state index is 0.0144. The number of carbonyl (C=O) groups is 1. The number of aromatic nitrogens is 1. The topological polar surface area (TPSA) is 77.0 Å². The molecule has 20 heavy (non-hydrogen) atoms. The first-order valence-electron chi connectivity index (χ1n) is 6.36. The number of halogens is 1. The molecule has 2 aliphatic heterocycles. The number of aromatic amines is 1. The largest absolute Gasteiger partial charge is 0.326 e. The van der Waals surface area contributed by atoms with Crippen molar-refractivity contribution in [3.05, 3.63) is 45.6 Å². The molecule has 0 radical (unpaired) electrons. The number of rotatable bonds is 1. The second kappa shape index (κ2) is 4.30. The SMILES string of the molecule is C=C(F)C(=O)N1C2CCC1c1cc(C#N)c(=O)[nH]c1C2. The van der Waals surface area contributed by atoms with Gasteiger partial charge in [-0.2, -0.15) is 5.26 Å². The average molecular weight is 273 g/mol. The van der Waals surface area contributed by atoms with E-state index in [0.29, 0.717) is 12.8 Å². The van der Waals surface area contributed by atoms with Gasteiger partial charge in [0.2, 0.25) is 0 Å². The number of fused-ring (bicyclic) bond motifs is 4. The van der Waals surface area contributed by atoms with E-state index >= 15 is 0 Å². The van der Waals surface area contributed by atoms with E-state index in [1.807, 2.05) is 6.07 Å². The van der Waals surface area contributed by atoms with Crippen LogP contribution < -0.4 is 5.56 Å². The molecule has 1 aromatic heterocycles. The summed E-state index contributed by atoms with van der Waals surface area (Å²) in [5.41, 5.74) is 1.08. The van der Waals surface area contributed by atoms with Gasteiger partial charge in [0.15, 0.2) is 5.83 Å². The van der Waals surface area contributed by atoms with E-state index < -0.39 is 17.3 Å². The Morgan fingerprint density at radius 1 is 1.55 bits per heavy atom. The molecule has 0 aliphatic carbocycles. The summed E-state index contributed by atoms with van der Waals surface area (Å²) < 4.78 is 13.1. The summed E-state index contributed by atoms with van der Waals surface area (Å²) in [6, 6.07) is 2.95. The lowest BCUT2D eigenvalue weighted by Crippen LogP contribution is -2.43. The molecule has 0 aromatic carbocycles. The number of pyridine rings is 1. The number of nitrogens with zero attached hydrogens (tertiary/aromatic N) is 2. The van der Waals surface area contributed by atoms with E-state index in [-0.39, 0.29) is 17.6 Å². The van der Waals surface area contributed by atoms with Gasteiger partial charge in [0.25, 0.3) is 11.5 Å². The van der Waals surface area contributed by atoms with Crippen LogP contribution in [0.2, 0.25) is 0 Å². The van der Waals surface area contributed by atoms with Gasteiger partial charge in [-0.05, 0) is 24.5 Å². The van der Waals surface area contributed by atoms with Gasteiger partial charge in [-0.25, -0.2) is 4.39 Å². The number of nitriles is 1. The van der Waals surface area contributed by atoms with Crippen LogP contribution in [-0.4, -0.2) is 21.8 Å². The van der Waals surface area contributed by atoms with Crippen LogP contribution in [0, 0.1) is 11.3 Å². The Hall–Kier alpha value is -2.42. The first kappa shape index (κ1) is 12.6. The number of amides is 1. The lowest BCUT2D eigenvalue weighted by atomic mass is 9.96. The normalized spacial score (nSPS) is 23.1. The fourth-order valence-corrected chi connectivity index (χ4v) is 3.21. The number of carbonyl (C=O) groups excluding carboxylic acids is 1. The highest BCUT2D eigenvalue weighted by Crippen LogP contribution is 2.43. The van der Waals surface area contributed by atoms with E-state index in [1.165, 1.54) is 11.0 Å². The molecule has 1 amide bonds. The summed E-state index contributed by atoms with van der Waals surface area (Å²) in [5, 5.41) is 8.93. The Balaban J connectivity index is 2.10. The second-order valence-electron chi connectivity index (χ2n) is 5.13. The van der Waals surface area contributed by atoms with E-state index in [1.54, 1.807) is 0 Å². The summed E-state index contributed by atoms with van der Waals surface area (Å²) in [5.74, 6) is -1.68. The molecule has 6 heteroatoms. The van der Waals surface area contributed by atoms with Crippen molar-refractivity contribution in [2.24, 2.45) is 0 Å². The second-order valence-corrected chi connectivity index (χ2v) is 5.13. The Morgan fingerprint density at radius 2 is 2.30 bits per heavy atom. The first-order chi connectivity index (χ1) is 9.52. The summed E-state index contributed by atoms with van der Waals surface area (Å²) in [7, 11) is 0. The predicted molar refractivity (Wildman–Crippen MR) is 68.3 cm³/mol. The highest BCUT2D eigenvalue weighted by molar-refractivity contribution is 5.91. The number of hydrogen-bond acceptors (Lipinski definition) is 3. The Morgan fingerprint density at radius 3 is 2.95 bits per heavy atom. The molecular formula is C14H12FN3O2. The van der Waals surface area contributed by atoms with Crippen LogP contribution in [0.4, 0.5) is 4.39 Å². The molecule has 102 valence electrons. The standard InChI is InChI=1S/C14H12FN3O2/c1-7(15)14(20)18-9-2-3-12(18)10-4-8(6-16)13(19)17-11(10)5-9/h4,9,12H,1-3,5H2,(H,17,19). The van der Waals surface area contributed by atoms with Crippen molar-refractivity contribution in [2.75, 3.05) is 0 Å². The lowest BCUT2D eigenvalue weighted by molar-refractivity contribution is -0.132. The zero-order chi connectivity index (χ0) is 14.4. The maximum Gasteiger partial charge on any atom is 0.282 e. The van der Waals surface area contributed by atoms with Gasteiger partial charge in [-0.15, -0.1) is 0 Å². The van der Waals surface area contributed by atoms with Gasteiger partial charge in [-0.3, -0.25) is 9.59 Å². The van der Waals surface area contributed by atoms with Crippen LogP contribution >= 0.6 is 0 Å². The van der Waals surface area contributed by atoms with Crippen LogP contribution in [-0.2, 0) is 11.2 Å². The van der Waals surface area contributed by atoms with Crippen molar-refractivity contribution in [1.82, 2.24) is 9.88 Å². The van der Waals surface area contributed by atoms with Crippen molar-refractivity contribution in [3.8, 4) is 6.07 Å². The third-order valence-electron chi connectivity index (χ3n) is 4.05. The van der Waals surface area contributed by atoms with E-state index in [4.69, 9.17) is 5.26 Å². The molecule has 2 unspecified atom stereocenters. The molecule has 5 nitrogen and oxygen atoms in total. The molecule has 1 fully saturated rings. The summed E-state index contributed by atoms with van der Waals surface area (Å²) in [6.45, 7) is 3.06. The van der Waals surface area contributed by atoms with Crippen LogP contribution in [0.5, 0.6) is 0 Å². The van der Waals surface area contributed by atoms with Crippen molar-refractivity contribution in [3.63, 3.8) is 0 Å². The highest BCUT2D eigenvalue weighted by Gasteiger charge is 2.43. The van der Waals surface area contributed by atoms with E-state index in [9.17, 15) is 14.0 Å². The molecule has 1 N–H and O–H groups in total. The molecule has 2 bridgehead atoms. The third kappa shape index (κ3) is 1.67. The van der Waals surface area contributed by atoms with Gasteiger partial charge in [0.05, 0.1) is 6.04 Å². The molecule has 1 aromatic rings. The van der Waals surface area contributed by atoms with E-state index in [2.05, 4.69) is 11.6 Å². The monoisotopic (exact) mass is 273 g/mol. The van der Waals surface area contributed by atoms with Crippen molar-refractivity contribution < 1.29 is 9.18 Å². The number of nitrogens with one attached hydrogen (secondary N) is 1. The fraction of sp³-hybridized carbons (Fsp3) is 0.357. The Labute approximate surface area is 114 Å². The van der Waals surface area contributed by atoms with Crippen LogP contribution in [0.25, 0.3) is 0 Å². The highest BCUT2D eigenvalue weighted by atomic mass is 19.1. The number of hydrogen-bond donors (Lipinski definition) is 1.